The van der Waals surface area contributed by atoms with Crippen LogP contribution in [0.5, 0.6) is 6.01 Å². The van der Waals surface area contributed by atoms with E-state index in [1.165, 1.54) is 40.1 Å². The highest BCUT2D eigenvalue weighted by molar-refractivity contribution is 5.96. The summed E-state index contributed by atoms with van der Waals surface area (Å²) in [5.74, 6) is 0.966. The molecule has 3 aromatic rings. The Hall–Kier alpha value is -3.65. The van der Waals surface area contributed by atoms with Crippen molar-refractivity contribution in [2.75, 3.05) is 62.7 Å². The molecular formula is C32H40N6O2. The number of hydrogen-bond donors (Lipinski definition) is 0. The van der Waals surface area contributed by atoms with Crippen LogP contribution < -0.4 is 14.5 Å². The number of aromatic nitrogens is 2. The van der Waals surface area contributed by atoms with Gasteiger partial charge in [0.1, 0.15) is 12.4 Å². The SMILES string of the molecule is C=CC(=O)N1CCN(c2nc(OC[C@@H]3CCCN3C)nc3c2CCCN(c2cccc4c(C)cccc24)C3)CC1. The lowest BCUT2D eigenvalue weighted by Gasteiger charge is -2.36. The van der Waals surface area contributed by atoms with Crippen LogP contribution in [0.2, 0.25) is 0 Å². The third-order valence-corrected chi connectivity index (χ3v) is 8.85. The van der Waals surface area contributed by atoms with Crippen molar-refractivity contribution in [3.8, 4) is 6.01 Å². The first kappa shape index (κ1) is 26.6. The van der Waals surface area contributed by atoms with Gasteiger partial charge in [-0.2, -0.15) is 9.97 Å². The number of amides is 1. The maximum atomic E-state index is 12.2. The molecule has 40 heavy (non-hydrogen) atoms. The second-order valence-electron chi connectivity index (χ2n) is 11.3. The summed E-state index contributed by atoms with van der Waals surface area (Å²) in [5.41, 5.74) is 4.81. The molecule has 8 heteroatoms. The van der Waals surface area contributed by atoms with Gasteiger partial charge in [0.25, 0.3) is 0 Å². The highest BCUT2D eigenvalue weighted by atomic mass is 16.5. The van der Waals surface area contributed by atoms with Gasteiger partial charge in [0.2, 0.25) is 5.91 Å². The first-order chi connectivity index (χ1) is 19.5. The molecule has 2 saturated heterocycles. The molecule has 0 radical (unpaired) electrons. The van der Waals surface area contributed by atoms with Gasteiger partial charge < -0.3 is 24.3 Å². The first-order valence-corrected chi connectivity index (χ1v) is 14.6. The monoisotopic (exact) mass is 540 g/mol. The van der Waals surface area contributed by atoms with Crippen LogP contribution in [0.1, 0.15) is 36.1 Å². The molecule has 6 rings (SSSR count). The molecule has 1 aromatic heterocycles. The third kappa shape index (κ3) is 5.24. The van der Waals surface area contributed by atoms with Gasteiger partial charge in [-0.25, -0.2) is 0 Å². The Bertz CT molecular complexity index is 1400. The summed E-state index contributed by atoms with van der Waals surface area (Å²) >= 11 is 0. The fourth-order valence-electron chi connectivity index (χ4n) is 6.47. The third-order valence-electron chi connectivity index (χ3n) is 8.85. The molecule has 4 heterocycles. The summed E-state index contributed by atoms with van der Waals surface area (Å²) in [6, 6.07) is 14.0. The Morgan fingerprint density at radius 3 is 2.58 bits per heavy atom. The fraction of sp³-hybridized carbons (Fsp3) is 0.469. The number of carbonyl (C=O) groups excluding carboxylic acids is 1. The van der Waals surface area contributed by atoms with E-state index >= 15 is 0 Å². The molecule has 3 aliphatic rings. The summed E-state index contributed by atoms with van der Waals surface area (Å²) in [6.07, 6.45) is 5.69. The van der Waals surface area contributed by atoms with E-state index in [-0.39, 0.29) is 5.91 Å². The summed E-state index contributed by atoms with van der Waals surface area (Å²) < 4.78 is 6.32. The largest absolute Gasteiger partial charge is 0.462 e. The number of ether oxygens (including phenoxy) is 1. The predicted molar refractivity (Wildman–Crippen MR) is 160 cm³/mol. The second kappa shape index (κ2) is 11.5. The Morgan fingerprint density at radius 2 is 1.80 bits per heavy atom. The van der Waals surface area contributed by atoms with Crippen molar-refractivity contribution >= 4 is 28.2 Å². The maximum absolute atomic E-state index is 12.2. The van der Waals surface area contributed by atoms with Gasteiger partial charge in [0.05, 0.1) is 12.2 Å². The van der Waals surface area contributed by atoms with E-state index in [4.69, 9.17) is 14.7 Å². The van der Waals surface area contributed by atoms with Gasteiger partial charge in [0.15, 0.2) is 0 Å². The van der Waals surface area contributed by atoms with Crippen molar-refractivity contribution in [2.24, 2.45) is 0 Å². The number of aryl methyl sites for hydroxylation is 1. The molecule has 0 N–H and O–H groups in total. The zero-order valence-electron chi connectivity index (χ0n) is 23.8. The second-order valence-corrected chi connectivity index (χ2v) is 11.3. The molecule has 0 bridgehead atoms. The quantitative estimate of drug-likeness (QED) is 0.434. The number of piperazine rings is 1. The van der Waals surface area contributed by atoms with Crippen molar-refractivity contribution in [2.45, 2.75) is 45.2 Å². The fourth-order valence-corrected chi connectivity index (χ4v) is 6.47. The molecule has 0 saturated carbocycles. The van der Waals surface area contributed by atoms with E-state index < -0.39 is 0 Å². The van der Waals surface area contributed by atoms with E-state index in [0.717, 1.165) is 57.0 Å². The Balaban J connectivity index is 1.33. The number of likely N-dealkylation sites (N-methyl/N-ethyl adjacent to an activating group) is 1. The lowest BCUT2D eigenvalue weighted by Crippen LogP contribution is -2.49. The summed E-state index contributed by atoms with van der Waals surface area (Å²) in [4.78, 5) is 31.3. The smallest absolute Gasteiger partial charge is 0.318 e. The normalized spacial score (nSPS) is 19.9. The van der Waals surface area contributed by atoms with Crippen LogP contribution in [-0.2, 0) is 17.8 Å². The predicted octanol–water partition coefficient (Wildman–Crippen LogP) is 4.20. The number of hydrogen-bond acceptors (Lipinski definition) is 7. The average molecular weight is 541 g/mol. The standard InChI is InChI=1S/C32H40N6O2/c1-4-30(39)36-17-19-37(20-18-36)31-27-13-8-16-38(29-14-6-11-25-23(2)9-5-12-26(25)29)21-28(27)33-32(34-31)40-22-24-10-7-15-35(24)3/h4-6,9,11-12,14,24H,1,7-8,10,13,15-22H2,2-3H3/t24-/m0/s1. The molecule has 1 amide bonds. The number of benzene rings is 2. The zero-order chi connectivity index (χ0) is 27.6. The van der Waals surface area contributed by atoms with Crippen LogP contribution in [0.4, 0.5) is 11.5 Å². The van der Waals surface area contributed by atoms with E-state index in [2.05, 4.69) is 71.6 Å². The molecule has 2 aromatic carbocycles. The molecule has 2 fully saturated rings. The minimum absolute atomic E-state index is 0.00756. The number of anilines is 2. The number of rotatable bonds is 6. The highest BCUT2D eigenvalue weighted by Gasteiger charge is 2.29. The van der Waals surface area contributed by atoms with Crippen LogP contribution in [-0.4, -0.2) is 84.6 Å². The maximum Gasteiger partial charge on any atom is 0.318 e. The van der Waals surface area contributed by atoms with Gasteiger partial charge in [0, 0.05) is 55.4 Å². The molecule has 8 nitrogen and oxygen atoms in total. The van der Waals surface area contributed by atoms with Gasteiger partial charge in [-0.1, -0.05) is 36.9 Å². The highest BCUT2D eigenvalue weighted by Crippen LogP contribution is 2.34. The van der Waals surface area contributed by atoms with Crippen molar-refractivity contribution in [1.29, 1.82) is 0 Å². The van der Waals surface area contributed by atoms with Crippen molar-refractivity contribution in [3.05, 3.63) is 65.9 Å². The van der Waals surface area contributed by atoms with E-state index in [9.17, 15) is 4.79 Å². The van der Waals surface area contributed by atoms with E-state index in [1.807, 2.05) is 4.90 Å². The van der Waals surface area contributed by atoms with E-state index in [0.29, 0.717) is 38.3 Å². The average Bonchev–Trinajstić information content (AvgIpc) is 3.27. The zero-order valence-corrected chi connectivity index (χ0v) is 23.8. The van der Waals surface area contributed by atoms with Gasteiger partial charge in [-0.05, 0) is 69.3 Å². The Labute approximate surface area is 237 Å². The van der Waals surface area contributed by atoms with Crippen molar-refractivity contribution < 1.29 is 9.53 Å². The number of carbonyl (C=O) groups is 1. The molecule has 210 valence electrons. The van der Waals surface area contributed by atoms with Gasteiger partial charge in [-0.15, -0.1) is 0 Å². The molecule has 0 spiro atoms. The molecule has 0 aliphatic carbocycles. The summed E-state index contributed by atoms with van der Waals surface area (Å²) in [6.45, 7) is 12.0. The van der Waals surface area contributed by atoms with Crippen molar-refractivity contribution in [1.82, 2.24) is 19.8 Å². The van der Waals surface area contributed by atoms with Crippen LogP contribution in [0.25, 0.3) is 10.8 Å². The number of nitrogens with zero attached hydrogens (tertiary/aromatic N) is 6. The van der Waals surface area contributed by atoms with Crippen LogP contribution in [0, 0.1) is 6.92 Å². The van der Waals surface area contributed by atoms with Crippen LogP contribution in [0.15, 0.2) is 49.1 Å². The minimum atomic E-state index is -0.00756. The van der Waals surface area contributed by atoms with Gasteiger partial charge >= 0.3 is 6.01 Å². The van der Waals surface area contributed by atoms with Crippen LogP contribution >= 0.6 is 0 Å². The molecule has 3 aliphatic heterocycles. The van der Waals surface area contributed by atoms with Gasteiger partial charge in [-0.3, -0.25) is 4.79 Å². The van der Waals surface area contributed by atoms with E-state index in [1.54, 1.807) is 0 Å². The topological polar surface area (TPSA) is 65.0 Å². The van der Waals surface area contributed by atoms with Crippen LogP contribution in [0.3, 0.4) is 0 Å². The summed E-state index contributed by atoms with van der Waals surface area (Å²) in [5, 5.41) is 2.58. The summed E-state index contributed by atoms with van der Waals surface area (Å²) in [7, 11) is 2.16. The number of likely N-dealkylation sites (tertiary alicyclic amines) is 1. The molecule has 1 atom stereocenters. The minimum Gasteiger partial charge on any atom is -0.462 e. The first-order valence-electron chi connectivity index (χ1n) is 14.6. The molecule has 0 unspecified atom stereocenters. The molecular weight excluding hydrogens is 500 g/mol. The van der Waals surface area contributed by atoms with Crippen molar-refractivity contribution in [3.63, 3.8) is 0 Å². The number of fused-ring (bicyclic) bond motifs is 2. The Kier molecular flexibility index (Phi) is 7.61. The lowest BCUT2D eigenvalue weighted by molar-refractivity contribution is -0.126. The Morgan fingerprint density at radius 1 is 1.00 bits per heavy atom. The lowest BCUT2D eigenvalue weighted by atomic mass is 10.0.